The first-order valence-electron chi connectivity index (χ1n) is 11.5. The van der Waals surface area contributed by atoms with Gasteiger partial charge in [0.25, 0.3) is 0 Å². The fraction of sp³-hybridized carbons (Fsp3) is 0.435. The summed E-state index contributed by atoms with van der Waals surface area (Å²) < 4.78 is 68.8. The molecule has 8 nitrogen and oxygen atoms in total. The third-order valence-electron chi connectivity index (χ3n) is 6.85. The summed E-state index contributed by atoms with van der Waals surface area (Å²) in [6.45, 7) is 0.0171. The number of hydrogen-bond acceptors (Lipinski definition) is 5. The molecular weight excluding hydrogens is 487 g/mol. The van der Waals surface area contributed by atoms with Gasteiger partial charge in [-0.25, -0.2) is 18.6 Å². The number of fused-ring (bicyclic) bond motifs is 1. The molecule has 0 radical (unpaired) electrons. The summed E-state index contributed by atoms with van der Waals surface area (Å²) in [5.41, 5.74) is -2.17. The number of benzene rings is 1. The molecule has 13 heteroatoms. The highest BCUT2D eigenvalue weighted by atomic mass is 19.4. The van der Waals surface area contributed by atoms with Gasteiger partial charge in [-0.3, -0.25) is 5.32 Å². The third kappa shape index (κ3) is 4.31. The van der Waals surface area contributed by atoms with Gasteiger partial charge in [-0.1, -0.05) is 0 Å². The lowest BCUT2D eigenvalue weighted by Gasteiger charge is -2.38. The second kappa shape index (κ2) is 8.87. The molecule has 2 aliphatic rings. The van der Waals surface area contributed by atoms with Gasteiger partial charge in [-0.05, 0) is 43.2 Å². The zero-order valence-corrected chi connectivity index (χ0v) is 19.0. The SMILES string of the molecule is O=C(Nc1cnc2ccc(N3CCC[C@@H]3c3cc(F)ccc3F)nn12)N1CCC(O)(C(F)(F)F)CC1. The van der Waals surface area contributed by atoms with Crippen molar-refractivity contribution in [3.63, 3.8) is 0 Å². The largest absolute Gasteiger partial charge is 0.417 e. The molecule has 1 aromatic carbocycles. The topological polar surface area (TPSA) is 86.0 Å². The monoisotopic (exact) mass is 510 g/mol. The Labute approximate surface area is 202 Å². The summed E-state index contributed by atoms with van der Waals surface area (Å²) in [6, 6.07) is 5.64. The Morgan fingerprint density at radius 3 is 2.58 bits per heavy atom. The van der Waals surface area contributed by atoms with Crippen molar-refractivity contribution in [1.82, 2.24) is 19.5 Å². The van der Waals surface area contributed by atoms with Gasteiger partial charge in [0.05, 0.1) is 12.2 Å². The summed E-state index contributed by atoms with van der Waals surface area (Å²) in [4.78, 5) is 19.9. The summed E-state index contributed by atoms with van der Waals surface area (Å²) in [5.74, 6) is -0.381. The maximum Gasteiger partial charge on any atom is 0.417 e. The summed E-state index contributed by atoms with van der Waals surface area (Å²) in [5, 5.41) is 17.0. The minimum atomic E-state index is -4.76. The smallest absolute Gasteiger partial charge is 0.380 e. The number of aromatic nitrogens is 3. The zero-order chi connectivity index (χ0) is 25.7. The molecule has 5 rings (SSSR count). The number of aliphatic hydroxyl groups is 1. The molecule has 0 spiro atoms. The van der Waals surface area contributed by atoms with Crippen molar-refractivity contribution in [3.05, 3.63) is 53.7 Å². The number of hydrogen-bond donors (Lipinski definition) is 2. The minimum absolute atomic E-state index is 0.196. The molecule has 2 aromatic heterocycles. The first kappa shape index (κ1) is 24.2. The molecule has 2 fully saturated rings. The lowest BCUT2D eigenvalue weighted by Crippen LogP contribution is -2.55. The van der Waals surface area contributed by atoms with Crippen LogP contribution in [-0.4, -0.2) is 62.0 Å². The van der Waals surface area contributed by atoms with E-state index < -0.39 is 48.3 Å². The van der Waals surface area contributed by atoms with E-state index in [4.69, 9.17) is 0 Å². The van der Waals surface area contributed by atoms with Gasteiger partial charge in [0.2, 0.25) is 0 Å². The van der Waals surface area contributed by atoms with Gasteiger partial charge < -0.3 is 14.9 Å². The third-order valence-corrected chi connectivity index (χ3v) is 6.85. The van der Waals surface area contributed by atoms with Crippen molar-refractivity contribution in [2.24, 2.45) is 0 Å². The van der Waals surface area contributed by atoms with Gasteiger partial charge in [-0.15, -0.1) is 5.10 Å². The van der Waals surface area contributed by atoms with E-state index in [9.17, 15) is 31.9 Å². The fourth-order valence-corrected chi connectivity index (χ4v) is 4.79. The molecule has 36 heavy (non-hydrogen) atoms. The molecule has 1 atom stereocenters. The van der Waals surface area contributed by atoms with E-state index in [0.717, 1.165) is 18.6 Å². The van der Waals surface area contributed by atoms with Crippen LogP contribution in [0.5, 0.6) is 0 Å². The molecule has 2 N–H and O–H groups in total. The van der Waals surface area contributed by atoms with Crippen molar-refractivity contribution in [3.8, 4) is 0 Å². The standard InChI is InChI=1S/C23H23F5N6O2/c24-14-3-4-16(25)15(12-14)17-2-1-9-33(17)19-6-5-18-29-13-20(34(18)31-19)30-21(35)32-10-7-22(36,8-11-32)23(26,27)28/h3-6,12-13,17,36H,1-2,7-11H2,(H,30,35)/t17-/m1/s1. The van der Waals surface area contributed by atoms with Crippen LogP contribution in [0.1, 0.15) is 37.3 Å². The van der Waals surface area contributed by atoms with Crippen LogP contribution in [0.4, 0.5) is 38.4 Å². The number of carbonyl (C=O) groups excluding carboxylic acids is 1. The number of imidazole rings is 1. The van der Waals surface area contributed by atoms with Crippen LogP contribution in [0.25, 0.3) is 5.65 Å². The van der Waals surface area contributed by atoms with Gasteiger partial charge in [0, 0.05) is 38.0 Å². The predicted octanol–water partition coefficient (Wildman–Crippen LogP) is 4.27. The average Bonchev–Trinajstić information content (AvgIpc) is 3.47. The van der Waals surface area contributed by atoms with Crippen LogP contribution >= 0.6 is 0 Å². The number of halogens is 5. The quantitative estimate of drug-likeness (QED) is 0.514. The van der Waals surface area contributed by atoms with E-state index in [-0.39, 0.29) is 24.5 Å². The van der Waals surface area contributed by atoms with E-state index in [1.54, 1.807) is 12.1 Å². The maximum atomic E-state index is 14.5. The summed E-state index contributed by atoms with van der Waals surface area (Å²) >= 11 is 0. The summed E-state index contributed by atoms with van der Waals surface area (Å²) in [7, 11) is 0. The number of urea groups is 1. The Balaban J connectivity index is 1.35. The van der Waals surface area contributed by atoms with Crippen molar-refractivity contribution >= 4 is 23.3 Å². The van der Waals surface area contributed by atoms with Crippen LogP contribution in [0.2, 0.25) is 0 Å². The molecule has 0 bridgehead atoms. The minimum Gasteiger partial charge on any atom is -0.380 e. The molecule has 0 aliphatic carbocycles. The van der Waals surface area contributed by atoms with Gasteiger partial charge >= 0.3 is 12.2 Å². The number of anilines is 2. The number of piperidine rings is 1. The van der Waals surface area contributed by atoms with E-state index in [1.807, 2.05) is 4.90 Å². The molecule has 2 saturated heterocycles. The first-order valence-corrected chi connectivity index (χ1v) is 11.5. The van der Waals surface area contributed by atoms with Crippen molar-refractivity contribution in [2.45, 2.75) is 43.5 Å². The summed E-state index contributed by atoms with van der Waals surface area (Å²) in [6.07, 6.45) is -3.29. The number of nitrogens with zero attached hydrogens (tertiary/aromatic N) is 5. The number of nitrogens with one attached hydrogen (secondary N) is 1. The Bertz CT molecular complexity index is 1290. The maximum absolute atomic E-state index is 14.5. The fourth-order valence-electron chi connectivity index (χ4n) is 4.79. The van der Waals surface area contributed by atoms with Crippen molar-refractivity contribution in [2.75, 3.05) is 29.9 Å². The average molecular weight is 510 g/mol. The van der Waals surface area contributed by atoms with Crippen molar-refractivity contribution < 1.29 is 31.9 Å². The Hall–Kier alpha value is -3.48. The predicted molar refractivity (Wildman–Crippen MR) is 119 cm³/mol. The van der Waals surface area contributed by atoms with Crippen LogP contribution in [0.15, 0.2) is 36.5 Å². The van der Waals surface area contributed by atoms with Gasteiger partial charge in [-0.2, -0.15) is 17.7 Å². The van der Waals surface area contributed by atoms with Gasteiger partial charge in [0.1, 0.15) is 17.5 Å². The number of likely N-dealkylation sites (tertiary alicyclic amines) is 1. The van der Waals surface area contributed by atoms with Crippen LogP contribution in [0.3, 0.4) is 0 Å². The molecule has 192 valence electrons. The highest BCUT2D eigenvalue weighted by Gasteiger charge is 2.55. The molecule has 0 saturated carbocycles. The van der Waals surface area contributed by atoms with Crippen LogP contribution in [-0.2, 0) is 0 Å². The van der Waals surface area contributed by atoms with E-state index in [0.29, 0.717) is 24.4 Å². The molecule has 2 aliphatic heterocycles. The zero-order valence-electron chi connectivity index (χ0n) is 19.0. The second-order valence-electron chi connectivity index (χ2n) is 9.07. The Morgan fingerprint density at radius 2 is 1.86 bits per heavy atom. The van der Waals surface area contributed by atoms with Crippen LogP contribution < -0.4 is 10.2 Å². The normalized spacial score (nSPS) is 20.2. The molecule has 2 amide bonds. The van der Waals surface area contributed by atoms with Crippen molar-refractivity contribution in [1.29, 1.82) is 0 Å². The number of alkyl halides is 3. The van der Waals surface area contributed by atoms with Gasteiger partial charge in [0.15, 0.2) is 17.1 Å². The Morgan fingerprint density at radius 1 is 1.11 bits per heavy atom. The number of carbonyl (C=O) groups is 1. The lowest BCUT2D eigenvalue weighted by atomic mass is 9.91. The molecule has 0 unspecified atom stereocenters. The van der Waals surface area contributed by atoms with E-state index in [1.165, 1.54) is 21.7 Å². The number of rotatable bonds is 3. The lowest BCUT2D eigenvalue weighted by molar-refractivity contribution is -0.271. The molecule has 3 aromatic rings. The molecular formula is C23H23F5N6O2. The first-order chi connectivity index (χ1) is 17.1. The molecule has 4 heterocycles. The number of amides is 2. The highest BCUT2D eigenvalue weighted by molar-refractivity contribution is 5.88. The van der Waals surface area contributed by atoms with E-state index in [2.05, 4.69) is 15.4 Å². The Kier molecular flexibility index (Phi) is 5.97. The van der Waals surface area contributed by atoms with E-state index >= 15 is 0 Å². The second-order valence-corrected chi connectivity index (χ2v) is 9.07. The highest BCUT2D eigenvalue weighted by Crippen LogP contribution is 2.39. The van der Waals surface area contributed by atoms with Crippen LogP contribution in [0, 0.1) is 11.6 Å².